The molecule has 1 atom stereocenters. The first-order valence-corrected chi connectivity index (χ1v) is 15.7. The van der Waals surface area contributed by atoms with Gasteiger partial charge in [0, 0.05) is 0 Å². The van der Waals surface area contributed by atoms with Crippen LogP contribution in [0.15, 0.2) is 72.9 Å². The number of hydrogen-bond acceptors (Lipinski definition) is 0. The van der Waals surface area contributed by atoms with E-state index in [-0.39, 0.29) is 0 Å². The van der Waals surface area contributed by atoms with Gasteiger partial charge in [-0.3, -0.25) is 0 Å². The van der Waals surface area contributed by atoms with Crippen molar-refractivity contribution in [3.63, 3.8) is 0 Å². The predicted molar refractivity (Wildman–Crippen MR) is 168 cm³/mol. The molecule has 0 N–H and O–H groups in total. The Labute approximate surface area is 227 Å². The zero-order valence-electron chi connectivity index (χ0n) is 24.6. The van der Waals surface area contributed by atoms with E-state index in [0.717, 1.165) is 44.4 Å². The maximum absolute atomic E-state index is 2.47. The lowest BCUT2D eigenvalue weighted by atomic mass is 9.96. The Kier molecular flexibility index (Phi) is 30.1. The summed E-state index contributed by atoms with van der Waals surface area (Å²) in [6.07, 6.45) is 53.6. The molecular formula is C36H62. The summed E-state index contributed by atoms with van der Waals surface area (Å²) >= 11 is 0. The van der Waals surface area contributed by atoms with Gasteiger partial charge < -0.3 is 0 Å². The molecule has 0 spiro atoms. The Morgan fingerprint density at radius 2 is 0.667 bits per heavy atom. The molecule has 0 aromatic carbocycles. The molecule has 0 aliphatic carbocycles. The van der Waals surface area contributed by atoms with Crippen LogP contribution in [0.4, 0.5) is 0 Å². The maximum atomic E-state index is 2.47. The standard InChI is InChI=1S/C36H62/c1-4-6-8-10-12-14-16-18-20-21-23-25-27-29-31-33-35-36(3)34-32-30-28-26-24-22-19-17-15-13-11-9-7-5-2/h6-9,12-15,18-20,22,36H,4-5,10-11,16-17,21,23-35H2,1-3H3. The lowest BCUT2D eigenvalue weighted by molar-refractivity contribution is 0.433. The largest absolute Gasteiger partial charge is 0.0885 e. The van der Waals surface area contributed by atoms with Crippen molar-refractivity contribution in [2.24, 2.45) is 5.92 Å². The first-order chi connectivity index (χ1) is 17.8. The Morgan fingerprint density at radius 3 is 1.06 bits per heavy atom. The van der Waals surface area contributed by atoms with Crippen molar-refractivity contribution in [2.45, 2.75) is 149 Å². The second kappa shape index (κ2) is 31.5. The molecule has 0 rings (SSSR count). The second-order valence-corrected chi connectivity index (χ2v) is 10.4. The zero-order valence-corrected chi connectivity index (χ0v) is 24.6. The molecule has 0 heteroatoms. The van der Waals surface area contributed by atoms with Crippen molar-refractivity contribution in [3.8, 4) is 0 Å². The molecule has 0 radical (unpaired) electrons. The highest BCUT2D eigenvalue weighted by atomic mass is 14.1. The average molecular weight is 495 g/mol. The van der Waals surface area contributed by atoms with E-state index in [1.165, 1.54) is 89.9 Å². The summed E-state index contributed by atoms with van der Waals surface area (Å²) in [5.41, 5.74) is 0. The molecule has 0 fully saturated rings. The van der Waals surface area contributed by atoms with Gasteiger partial charge in [0.15, 0.2) is 0 Å². The van der Waals surface area contributed by atoms with Crippen LogP contribution in [0.2, 0.25) is 0 Å². The fourth-order valence-corrected chi connectivity index (χ4v) is 4.37. The maximum Gasteiger partial charge on any atom is -0.0169 e. The topological polar surface area (TPSA) is 0 Å². The minimum absolute atomic E-state index is 0.922. The lowest BCUT2D eigenvalue weighted by Crippen LogP contribution is -1.95. The van der Waals surface area contributed by atoms with Crippen LogP contribution in [-0.4, -0.2) is 0 Å². The first-order valence-electron chi connectivity index (χ1n) is 15.7. The van der Waals surface area contributed by atoms with E-state index in [1.54, 1.807) is 0 Å². The van der Waals surface area contributed by atoms with Gasteiger partial charge in [-0.05, 0) is 70.1 Å². The molecule has 0 aromatic heterocycles. The Morgan fingerprint density at radius 1 is 0.361 bits per heavy atom. The van der Waals surface area contributed by atoms with Crippen LogP contribution in [0.3, 0.4) is 0 Å². The molecule has 0 heterocycles. The minimum atomic E-state index is 0.922. The van der Waals surface area contributed by atoms with E-state index in [4.69, 9.17) is 0 Å². The summed E-state index contributed by atoms with van der Waals surface area (Å²) in [5.74, 6) is 0.922. The highest BCUT2D eigenvalue weighted by Gasteiger charge is 2.02. The van der Waals surface area contributed by atoms with Crippen LogP contribution in [-0.2, 0) is 0 Å². The second-order valence-electron chi connectivity index (χ2n) is 10.4. The van der Waals surface area contributed by atoms with Crippen LogP contribution < -0.4 is 0 Å². The van der Waals surface area contributed by atoms with Gasteiger partial charge in [0.1, 0.15) is 0 Å². The third kappa shape index (κ3) is 30.5. The number of unbranched alkanes of at least 4 members (excludes halogenated alkanes) is 10. The molecule has 0 aromatic rings. The third-order valence-corrected chi connectivity index (χ3v) is 6.70. The number of rotatable bonds is 26. The molecule has 0 bridgehead atoms. The first kappa shape index (κ1) is 34.4. The summed E-state index contributed by atoms with van der Waals surface area (Å²) < 4.78 is 0. The van der Waals surface area contributed by atoms with E-state index < -0.39 is 0 Å². The van der Waals surface area contributed by atoms with Crippen LogP contribution in [0.1, 0.15) is 149 Å². The van der Waals surface area contributed by atoms with E-state index in [2.05, 4.69) is 93.7 Å². The Bertz CT molecular complexity index is 583. The third-order valence-electron chi connectivity index (χ3n) is 6.70. The molecule has 0 aliphatic heterocycles. The molecule has 0 amide bonds. The van der Waals surface area contributed by atoms with E-state index >= 15 is 0 Å². The van der Waals surface area contributed by atoms with Gasteiger partial charge in [-0.15, -0.1) is 0 Å². The van der Waals surface area contributed by atoms with Crippen molar-refractivity contribution in [1.82, 2.24) is 0 Å². The smallest absolute Gasteiger partial charge is 0.0169 e. The molecule has 0 saturated carbocycles. The van der Waals surface area contributed by atoms with Gasteiger partial charge in [-0.1, -0.05) is 158 Å². The highest BCUT2D eigenvalue weighted by molar-refractivity contribution is 4.97. The van der Waals surface area contributed by atoms with Crippen molar-refractivity contribution in [1.29, 1.82) is 0 Å². The molecule has 0 saturated heterocycles. The van der Waals surface area contributed by atoms with Gasteiger partial charge in [-0.2, -0.15) is 0 Å². The average Bonchev–Trinajstić information content (AvgIpc) is 2.88. The normalized spacial score (nSPS) is 13.8. The fraction of sp³-hybridized carbons (Fsp3) is 0.667. The number of hydrogen-bond donors (Lipinski definition) is 0. The summed E-state index contributed by atoms with van der Waals surface area (Å²) in [6.45, 7) is 6.84. The highest BCUT2D eigenvalue weighted by Crippen LogP contribution is 2.18. The van der Waals surface area contributed by atoms with E-state index in [1.807, 2.05) is 0 Å². The van der Waals surface area contributed by atoms with Gasteiger partial charge in [0.05, 0.1) is 0 Å². The summed E-state index contributed by atoms with van der Waals surface area (Å²) in [7, 11) is 0. The molecule has 206 valence electrons. The van der Waals surface area contributed by atoms with Crippen LogP contribution in [0.25, 0.3) is 0 Å². The summed E-state index contributed by atoms with van der Waals surface area (Å²) in [4.78, 5) is 0. The van der Waals surface area contributed by atoms with Crippen LogP contribution >= 0.6 is 0 Å². The molecule has 0 nitrogen and oxygen atoms in total. The van der Waals surface area contributed by atoms with Gasteiger partial charge in [-0.25, -0.2) is 0 Å². The Hall–Kier alpha value is -1.56. The SMILES string of the molecule is CCC=CCC=CCC=CCCCCCCCCC(C)CCCCCCC=CCC=CCC=CCC. The van der Waals surface area contributed by atoms with Crippen molar-refractivity contribution in [2.75, 3.05) is 0 Å². The monoisotopic (exact) mass is 494 g/mol. The zero-order chi connectivity index (χ0) is 26.2. The van der Waals surface area contributed by atoms with Crippen molar-refractivity contribution in [3.05, 3.63) is 72.9 Å². The van der Waals surface area contributed by atoms with Gasteiger partial charge >= 0.3 is 0 Å². The van der Waals surface area contributed by atoms with Crippen molar-refractivity contribution >= 4 is 0 Å². The molecule has 1 unspecified atom stereocenters. The molecule has 36 heavy (non-hydrogen) atoms. The van der Waals surface area contributed by atoms with E-state index in [9.17, 15) is 0 Å². The minimum Gasteiger partial charge on any atom is -0.0885 e. The molecular weight excluding hydrogens is 432 g/mol. The summed E-state index contributed by atoms with van der Waals surface area (Å²) in [6, 6.07) is 0. The van der Waals surface area contributed by atoms with Crippen LogP contribution in [0, 0.1) is 5.92 Å². The van der Waals surface area contributed by atoms with E-state index in [0.29, 0.717) is 0 Å². The Balaban J connectivity index is 3.34. The van der Waals surface area contributed by atoms with Gasteiger partial charge in [0.2, 0.25) is 0 Å². The van der Waals surface area contributed by atoms with Gasteiger partial charge in [0.25, 0.3) is 0 Å². The summed E-state index contributed by atoms with van der Waals surface area (Å²) in [5, 5.41) is 0. The fourth-order valence-electron chi connectivity index (χ4n) is 4.37. The van der Waals surface area contributed by atoms with Crippen LogP contribution in [0.5, 0.6) is 0 Å². The predicted octanol–water partition coefficient (Wildman–Crippen LogP) is 12.8. The van der Waals surface area contributed by atoms with Crippen molar-refractivity contribution < 1.29 is 0 Å². The number of allylic oxidation sites excluding steroid dienone is 12. The quantitative estimate of drug-likeness (QED) is 0.0828. The lowest BCUT2D eigenvalue weighted by Gasteiger charge is -2.11. The molecule has 0 aliphatic rings.